The van der Waals surface area contributed by atoms with Gasteiger partial charge in [0.25, 0.3) is 0 Å². The monoisotopic (exact) mass is 338 g/mol. The molecule has 0 radical (unpaired) electrons. The third-order valence-corrected chi connectivity index (χ3v) is 3.39. The Hall–Kier alpha value is -1.82. The molecule has 1 N–H and O–H groups in total. The molecule has 1 heterocycles. The van der Waals surface area contributed by atoms with Crippen LogP contribution in [0.1, 0.15) is 27.3 Å². The molecule has 0 saturated carbocycles. The van der Waals surface area contributed by atoms with Crippen LogP contribution in [0, 0.1) is 13.8 Å². The lowest BCUT2D eigenvalue weighted by atomic mass is 10.1. The number of aromatic nitrogens is 2. The maximum atomic E-state index is 11.3. The van der Waals surface area contributed by atoms with Gasteiger partial charge in [0.1, 0.15) is 17.9 Å². The van der Waals surface area contributed by atoms with E-state index in [2.05, 4.69) is 21.0 Å². The minimum Gasteiger partial charge on any atom is -0.486 e. The van der Waals surface area contributed by atoms with E-state index in [0.29, 0.717) is 5.75 Å². The van der Waals surface area contributed by atoms with E-state index in [1.165, 1.54) is 0 Å². The summed E-state index contributed by atoms with van der Waals surface area (Å²) in [6, 6.07) is 5.28. The highest BCUT2D eigenvalue weighted by Crippen LogP contribution is 2.28. The number of rotatable bonds is 4. The first kappa shape index (κ1) is 14.6. The van der Waals surface area contributed by atoms with Crippen molar-refractivity contribution in [3.8, 4) is 5.75 Å². The van der Waals surface area contributed by atoms with Gasteiger partial charge in [-0.3, -0.25) is 4.68 Å². The topological polar surface area (TPSA) is 64.3 Å². The Morgan fingerprint density at radius 3 is 2.65 bits per heavy atom. The maximum Gasteiger partial charge on any atom is 0.339 e. The van der Waals surface area contributed by atoms with E-state index in [9.17, 15) is 9.90 Å². The smallest absolute Gasteiger partial charge is 0.339 e. The van der Waals surface area contributed by atoms with E-state index in [1.807, 2.05) is 33.0 Å². The fourth-order valence-electron chi connectivity index (χ4n) is 2.03. The lowest BCUT2D eigenvalue weighted by molar-refractivity contribution is 0.0691. The Morgan fingerprint density at radius 2 is 2.10 bits per heavy atom. The fraction of sp³-hybridized carbons (Fsp3) is 0.286. The van der Waals surface area contributed by atoms with E-state index in [-0.39, 0.29) is 12.2 Å². The Morgan fingerprint density at radius 1 is 1.40 bits per heavy atom. The number of hydrogen-bond donors (Lipinski definition) is 1. The zero-order valence-electron chi connectivity index (χ0n) is 11.5. The van der Waals surface area contributed by atoms with Gasteiger partial charge in [-0.05, 0) is 37.6 Å². The molecule has 0 atom stereocenters. The van der Waals surface area contributed by atoms with Gasteiger partial charge in [0, 0.05) is 11.5 Å². The average molecular weight is 339 g/mol. The van der Waals surface area contributed by atoms with Crippen LogP contribution in [0.25, 0.3) is 0 Å². The van der Waals surface area contributed by atoms with Crippen molar-refractivity contribution in [2.24, 2.45) is 7.05 Å². The predicted molar refractivity (Wildman–Crippen MR) is 78.1 cm³/mol. The van der Waals surface area contributed by atoms with Gasteiger partial charge in [0.15, 0.2) is 0 Å². The molecule has 6 heteroatoms. The summed E-state index contributed by atoms with van der Waals surface area (Å²) in [4.78, 5) is 11.3. The molecule has 0 saturated heterocycles. The van der Waals surface area contributed by atoms with Crippen LogP contribution in [0.4, 0.5) is 0 Å². The summed E-state index contributed by atoms with van der Waals surface area (Å²) in [5, 5.41) is 13.5. The van der Waals surface area contributed by atoms with Crippen molar-refractivity contribution in [3.05, 3.63) is 45.2 Å². The van der Waals surface area contributed by atoms with Crippen LogP contribution < -0.4 is 4.74 Å². The minimum atomic E-state index is -1.01. The molecule has 0 aliphatic carbocycles. The average Bonchev–Trinajstić information content (AvgIpc) is 2.65. The summed E-state index contributed by atoms with van der Waals surface area (Å²) in [5.41, 5.74) is 2.71. The highest BCUT2D eigenvalue weighted by molar-refractivity contribution is 9.10. The van der Waals surface area contributed by atoms with Crippen molar-refractivity contribution in [2.75, 3.05) is 0 Å². The molecule has 0 amide bonds. The third kappa shape index (κ3) is 3.01. The van der Waals surface area contributed by atoms with Crippen LogP contribution in [0.2, 0.25) is 0 Å². The zero-order chi connectivity index (χ0) is 14.9. The van der Waals surface area contributed by atoms with Crippen molar-refractivity contribution in [1.82, 2.24) is 9.78 Å². The highest BCUT2D eigenvalue weighted by Gasteiger charge is 2.16. The summed E-state index contributed by atoms with van der Waals surface area (Å²) >= 11 is 3.29. The molecule has 0 spiro atoms. The summed E-state index contributed by atoms with van der Waals surface area (Å²) in [7, 11) is 1.83. The standard InChI is InChI=1S/C14H15BrN2O3/c1-8-4-10(15)6-12(14(18)19)13(8)20-7-11-5-9(2)16-17(11)3/h4-6H,7H2,1-3H3,(H,18,19). The van der Waals surface area contributed by atoms with Crippen LogP contribution in [-0.2, 0) is 13.7 Å². The number of ether oxygens (including phenoxy) is 1. The molecule has 106 valence electrons. The second kappa shape index (κ2) is 5.66. The van der Waals surface area contributed by atoms with E-state index in [0.717, 1.165) is 21.4 Å². The largest absolute Gasteiger partial charge is 0.486 e. The van der Waals surface area contributed by atoms with Gasteiger partial charge in [0.05, 0.1) is 11.4 Å². The molecule has 0 bridgehead atoms. The van der Waals surface area contributed by atoms with Gasteiger partial charge in [-0.2, -0.15) is 5.10 Å². The van der Waals surface area contributed by atoms with Crippen LogP contribution >= 0.6 is 15.9 Å². The molecule has 2 aromatic rings. The van der Waals surface area contributed by atoms with Gasteiger partial charge in [-0.15, -0.1) is 0 Å². The molecule has 0 fully saturated rings. The number of aromatic carboxylic acids is 1. The first-order valence-electron chi connectivity index (χ1n) is 6.04. The number of halogens is 1. The molecule has 0 aliphatic rings. The third-order valence-electron chi connectivity index (χ3n) is 2.93. The minimum absolute atomic E-state index is 0.149. The first-order chi connectivity index (χ1) is 9.38. The molecule has 20 heavy (non-hydrogen) atoms. The van der Waals surface area contributed by atoms with Gasteiger partial charge in [-0.25, -0.2) is 4.79 Å². The molecule has 0 unspecified atom stereocenters. The molecule has 0 aliphatic heterocycles. The highest BCUT2D eigenvalue weighted by atomic mass is 79.9. The number of carbonyl (C=O) groups is 1. The number of carboxylic acids is 1. The Balaban J connectivity index is 2.29. The Bertz CT molecular complexity index is 665. The maximum absolute atomic E-state index is 11.3. The molecular formula is C14H15BrN2O3. The van der Waals surface area contributed by atoms with Gasteiger partial charge in [-0.1, -0.05) is 15.9 Å². The number of aryl methyl sites for hydroxylation is 3. The second-order valence-electron chi connectivity index (χ2n) is 4.59. The zero-order valence-corrected chi connectivity index (χ0v) is 13.1. The van der Waals surface area contributed by atoms with E-state index < -0.39 is 5.97 Å². The Kier molecular flexibility index (Phi) is 4.13. The van der Waals surface area contributed by atoms with Gasteiger partial charge in [0.2, 0.25) is 0 Å². The molecule has 1 aromatic carbocycles. The molecule has 1 aromatic heterocycles. The van der Waals surface area contributed by atoms with E-state index >= 15 is 0 Å². The number of hydrogen-bond acceptors (Lipinski definition) is 3. The quantitative estimate of drug-likeness (QED) is 0.930. The lowest BCUT2D eigenvalue weighted by Gasteiger charge is -2.12. The van der Waals surface area contributed by atoms with Crippen molar-refractivity contribution in [1.29, 1.82) is 0 Å². The summed E-state index contributed by atoms with van der Waals surface area (Å²) in [6.07, 6.45) is 0. The van der Waals surface area contributed by atoms with Gasteiger partial charge >= 0.3 is 5.97 Å². The number of benzene rings is 1. The SMILES string of the molecule is Cc1cc(COc2c(C)cc(Br)cc2C(=O)O)n(C)n1. The second-order valence-corrected chi connectivity index (χ2v) is 5.51. The van der Waals surface area contributed by atoms with Crippen molar-refractivity contribution >= 4 is 21.9 Å². The number of nitrogens with zero attached hydrogens (tertiary/aromatic N) is 2. The van der Waals surface area contributed by atoms with Crippen molar-refractivity contribution in [2.45, 2.75) is 20.5 Å². The fourth-order valence-corrected chi connectivity index (χ4v) is 2.60. The van der Waals surface area contributed by atoms with E-state index in [1.54, 1.807) is 10.7 Å². The first-order valence-corrected chi connectivity index (χ1v) is 6.83. The van der Waals surface area contributed by atoms with Gasteiger partial charge < -0.3 is 9.84 Å². The normalized spacial score (nSPS) is 10.6. The molecular weight excluding hydrogens is 324 g/mol. The Labute approximate surface area is 125 Å². The molecule has 2 rings (SSSR count). The van der Waals surface area contributed by atoms with Crippen LogP contribution in [0.5, 0.6) is 5.75 Å². The van der Waals surface area contributed by atoms with Crippen LogP contribution in [0.15, 0.2) is 22.7 Å². The predicted octanol–water partition coefficient (Wildman–Crippen LogP) is 3.08. The van der Waals surface area contributed by atoms with E-state index in [4.69, 9.17) is 4.74 Å². The van der Waals surface area contributed by atoms with Crippen molar-refractivity contribution in [3.63, 3.8) is 0 Å². The summed E-state index contributed by atoms with van der Waals surface area (Å²) < 4.78 is 8.15. The number of carboxylic acid groups (broad SMARTS) is 1. The van der Waals surface area contributed by atoms with Crippen molar-refractivity contribution < 1.29 is 14.6 Å². The van der Waals surface area contributed by atoms with Crippen LogP contribution in [-0.4, -0.2) is 20.9 Å². The molecule has 5 nitrogen and oxygen atoms in total. The lowest BCUT2D eigenvalue weighted by Crippen LogP contribution is -2.08. The summed E-state index contributed by atoms with van der Waals surface area (Å²) in [5.74, 6) is -0.620. The summed E-state index contributed by atoms with van der Waals surface area (Å²) in [6.45, 7) is 4.00. The van der Waals surface area contributed by atoms with Crippen LogP contribution in [0.3, 0.4) is 0 Å².